The van der Waals surface area contributed by atoms with Gasteiger partial charge in [0.05, 0.1) is 11.0 Å². The summed E-state index contributed by atoms with van der Waals surface area (Å²) >= 11 is 1.95. The van der Waals surface area contributed by atoms with Gasteiger partial charge in [-0.2, -0.15) is 0 Å². The summed E-state index contributed by atoms with van der Waals surface area (Å²) in [6.07, 6.45) is 0. The first-order chi connectivity index (χ1) is 19.9. The van der Waals surface area contributed by atoms with E-state index >= 15 is 0 Å². The first-order valence-corrected chi connectivity index (χ1v) is 14.5. The second kappa shape index (κ2) is 8.29. The highest BCUT2D eigenvalue weighted by Gasteiger charge is 2.20. The maximum atomic E-state index is 2.43. The van der Waals surface area contributed by atoms with Gasteiger partial charge in [0.25, 0.3) is 0 Å². The Balaban J connectivity index is 1.39. The minimum absolute atomic E-state index is 1.18. The molecule has 9 aromatic rings. The second-order valence-corrected chi connectivity index (χ2v) is 11.5. The molecule has 0 unspecified atom stereocenters. The SMILES string of the molecule is c1ccc(-c2ccc(-n3c4ccccc4c4c5sc6c7ccccc7c7ccccc7c6c5ccc43)cc2)cc1. The van der Waals surface area contributed by atoms with Crippen molar-refractivity contribution >= 4 is 74.9 Å². The molecule has 0 bridgehead atoms. The number of rotatable bonds is 2. The Hall–Kier alpha value is -4.92. The van der Waals surface area contributed by atoms with Crippen molar-refractivity contribution in [2.24, 2.45) is 0 Å². The van der Waals surface area contributed by atoms with Crippen LogP contribution in [0, 0.1) is 0 Å². The molecule has 1 nitrogen and oxygen atoms in total. The lowest BCUT2D eigenvalue weighted by atomic mass is 9.97. The molecule has 40 heavy (non-hydrogen) atoms. The van der Waals surface area contributed by atoms with Crippen molar-refractivity contribution in [2.75, 3.05) is 0 Å². The van der Waals surface area contributed by atoms with Gasteiger partial charge >= 0.3 is 0 Å². The number of para-hydroxylation sites is 1. The van der Waals surface area contributed by atoms with Crippen molar-refractivity contribution in [3.8, 4) is 16.8 Å². The minimum Gasteiger partial charge on any atom is -0.309 e. The van der Waals surface area contributed by atoms with E-state index in [-0.39, 0.29) is 0 Å². The van der Waals surface area contributed by atoms with Crippen LogP contribution in [0.5, 0.6) is 0 Å². The van der Waals surface area contributed by atoms with E-state index in [1.165, 1.54) is 80.3 Å². The van der Waals surface area contributed by atoms with Crippen molar-refractivity contribution in [1.29, 1.82) is 0 Å². The third-order valence-electron chi connectivity index (χ3n) is 8.38. The highest BCUT2D eigenvalue weighted by molar-refractivity contribution is 7.28. The molecular weight excluding hydrogens is 502 g/mol. The molecule has 2 heteroatoms. The molecule has 2 heterocycles. The number of benzene rings is 7. The summed E-state index contributed by atoms with van der Waals surface area (Å²) in [4.78, 5) is 0. The molecule has 0 aliphatic heterocycles. The Morgan fingerprint density at radius 1 is 0.350 bits per heavy atom. The zero-order chi connectivity index (χ0) is 26.2. The van der Waals surface area contributed by atoms with E-state index in [4.69, 9.17) is 0 Å². The van der Waals surface area contributed by atoms with Crippen LogP contribution in [0.1, 0.15) is 0 Å². The average Bonchev–Trinajstić information content (AvgIpc) is 3.58. The van der Waals surface area contributed by atoms with Gasteiger partial charge in [-0.3, -0.25) is 0 Å². The fourth-order valence-electron chi connectivity index (χ4n) is 6.63. The molecule has 0 spiro atoms. The minimum atomic E-state index is 1.18. The maximum absolute atomic E-state index is 2.43. The summed E-state index contributed by atoms with van der Waals surface area (Å²) in [5, 5.41) is 10.7. The van der Waals surface area contributed by atoms with Crippen molar-refractivity contribution in [3.05, 3.63) is 140 Å². The Labute approximate surface area is 235 Å². The van der Waals surface area contributed by atoms with Crippen LogP contribution in [0.15, 0.2) is 140 Å². The number of aromatic nitrogens is 1. The van der Waals surface area contributed by atoms with E-state index in [0.717, 1.165) is 0 Å². The Kier molecular flexibility index (Phi) is 4.55. The van der Waals surface area contributed by atoms with E-state index < -0.39 is 0 Å². The molecule has 0 saturated carbocycles. The molecule has 0 aliphatic rings. The van der Waals surface area contributed by atoms with Gasteiger partial charge in [0, 0.05) is 42.0 Å². The zero-order valence-electron chi connectivity index (χ0n) is 21.6. The molecule has 0 fully saturated rings. The quantitative estimate of drug-likeness (QED) is 0.198. The molecule has 7 aromatic carbocycles. The van der Waals surface area contributed by atoms with Crippen LogP contribution >= 0.6 is 11.3 Å². The predicted octanol–water partition coefficient (Wildman–Crippen LogP) is 11.1. The van der Waals surface area contributed by atoms with Crippen molar-refractivity contribution in [3.63, 3.8) is 0 Å². The summed E-state index contributed by atoms with van der Waals surface area (Å²) in [5.41, 5.74) is 6.15. The van der Waals surface area contributed by atoms with Crippen LogP contribution in [0.3, 0.4) is 0 Å². The van der Waals surface area contributed by atoms with Crippen molar-refractivity contribution < 1.29 is 0 Å². The Morgan fingerprint density at radius 3 is 1.70 bits per heavy atom. The van der Waals surface area contributed by atoms with E-state index in [2.05, 4.69) is 144 Å². The smallest absolute Gasteiger partial charge is 0.0555 e. The van der Waals surface area contributed by atoms with Crippen LogP contribution in [-0.4, -0.2) is 4.57 Å². The highest BCUT2D eigenvalue weighted by Crippen LogP contribution is 2.48. The average molecular weight is 526 g/mol. The van der Waals surface area contributed by atoms with E-state index in [0.29, 0.717) is 0 Å². The summed E-state index contributed by atoms with van der Waals surface area (Å²) in [5.74, 6) is 0. The molecule has 0 radical (unpaired) electrons. The van der Waals surface area contributed by atoms with Gasteiger partial charge < -0.3 is 4.57 Å². The van der Waals surface area contributed by atoms with Crippen LogP contribution < -0.4 is 0 Å². The number of hydrogen-bond donors (Lipinski definition) is 0. The molecule has 9 rings (SSSR count). The largest absolute Gasteiger partial charge is 0.309 e. The van der Waals surface area contributed by atoms with E-state index in [1.54, 1.807) is 0 Å². The van der Waals surface area contributed by atoms with E-state index in [1.807, 2.05) is 11.3 Å². The van der Waals surface area contributed by atoms with Crippen molar-refractivity contribution in [2.45, 2.75) is 0 Å². The van der Waals surface area contributed by atoms with Gasteiger partial charge in [-0.25, -0.2) is 0 Å². The van der Waals surface area contributed by atoms with Gasteiger partial charge in [-0.05, 0) is 51.6 Å². The number of nitrogens with zero attached hydrogens (tertiary/aromatic N) is 1. The predicted molar refractivity (Wildman–Crippen MR) is 174 cm³/mol. The van der Waals surface area contributed by atoms with Crippen molar-refractivity contribution in [1.82, 2.24) is 4.57 Å². The molecule has 0 atom stereocenters. The first-order valence-electron chi connectivity index (χ1n) is 13.7. The third kappa shape index (κ3) is 2.97. The van der Waals surface area contributed by atoms with E-state index in [9.17, 15) is 0 Å². The Bertz CT molecular complexity index is 2410. The zero-order valence-corrected chi connectivity index (χ0v) is 22.5. The lowest BCUT2D eigenvalue weighted by molar-refractivity contribution is 1.18. The van der Waals surface area contributed by atoms with Crippen LogP contribution in [0.25, 0.3) is 80.3 Å². The van der Waals surface area contributed by atoms with Gasteiger partial charge in [0.15, 0.2) is 0 Å². The lowest BCUT2D eigenvalue weighted by Gasteiger charge is -2.09. The highest BCUT2D eigenvalue weighted by atomic mass is 32.1. The van der Waals surface area contributed by atoms with Gasteiger partial charge in [-0.15, -0.1) is 11.3 Å². The number of fused-ring (bicyclic) bond motifs is 12. The fraction of sp³-hybridized carbons (Fsp3) is 0. The standard InChI is InChI=1S/C38H23NS/c1-2-10-24(11-3-1)25-18-20-26(21-19-25)39-33-17-9-8-16-31(33)36-34(39)23-22-32-35-29-14-6-4-12-27(29)28-13-5-7-15-30(28)37(35)40-38(32)36/h1-23H. The monoisotopic (exact) mass is 525 g/mol. The van der Waals surface area contributed by atoms with Gasteiger partial charge in [0.2, 0.25) is 0 Å². The number of thiophene rings is 1. The molecule has 0 saturated heterocycles. The molecule has 2 aromatic heterocycles. The lowest BCUT2D eigenvalue weighted by Crippen LogP contribution is -1.93. The third-order valence-corrected chi connectivity index (χ3v) is 9.64. The fourth-order valence-corrected chi connectivity index (χ4v) is 8.04. The second-order valence-electron chi connectivity index (χ2n) is 10.5. The van der Waals surface area contributed by atoms with Gasteiger partial charge in [-0.1, -0.05) is 115 Å². The molecule has 186 valence electrons. The molecule has 0 aliphatic carbocycles. The summed E-state index contributed by atoms with van der Waals surface area (Å²) < 4.78 is 5.17. The summed E-state index contributed by atoms with van der Waals surface area (Å²) in [6.45, 7) is 0. The van der Waals surface area contributed by atoms with Crippen LogP contribution in [0.2, 0.25) is 0 Å². The first kappa shape index (κ1) is 22.0. The van der Waals surface area contributed by atoms with Gasteiger partial charge in [0.1, 0.15) is 0 Å². The molecular formula is C38H23NS. The molecule has 0 N–H and O–H groups in total. The van der Waals surface area contributed by atoms with Crippen LogP contribution in [0.4, 0.5) is 0 Å². The maximum Gasteiger partial charge on any atom is 0.0555 e. The topological polar surface area (TPSA) is 4.93 Å². The molecule has 0 amide bonds. The normalized spacial score (nSPS) is 12.0. The Morgan fingerprint density at radius 2 is 0.925 bits per heavy atom. The number of hydrogen-bond acceptors (Lipinski definition) is 1. The van der Waals surface area contributed by atoms with Crippen LogP contribution in [-0.2, 0) is 0 Å². The summed E-state index contributed by atoms with van der Waals surface area (Å²) in [6, 6.07) is 50.9. The summed E-state index contributed by atoms with van der Waals surface area (Å²) in [7, 11) is 0.